The fourth-order valence-corrected chi connectivity index (χ4v) is 3.53. The van der Waals surface area contributed by atoms with Gasteiger partial charge in [0.25, 0.3) is 0 Å². The number of hydrogen-bond donors (Lipinski definition) is 0. The smallest absolute Gasteiger partial charge is 0.000987 e. The van der Waals surface area contributed by atoms with Gasteiger partial charge < -0.3 is 4.90 Å². The van der Waals surface area contributed by atoms with Crippen molar-refractivity contribution in [3.05, 3.63) is 0 Å². The van der Waals surface area contributed by atoms with Crippen LogP contribution in [0.25, 0.3) is 0 Å². The van der Waals surface area contributed by atoms with Gasteiger partial charge in [-0.25, -0.2) is 0 Å². The summed E-state index contributed by atoms with van der Waals surface area (Å²) in [5.74, 6) is 3.03. The zero-order valence-electron chi connectivity index (χ0n) is 10.5. The maximum Gasteiger partial charge on any atom is 0.000987 e. The highest BCUT2D eigenvalue weighted by molar-refractivity contribution is 4.79. The van der Waals surface area contributed by atoms with Crippen molar-refractivity contribution in [3.8, 4) is 0 Å². The van der Waals surface area contributed by atoms with E-state index >= 15 is 0 Å². The van der Waals surface area contributed by atoms with E-state index < -0.39 is 0 Å². The van der Waals surface area contributed by atoms with Crippen molar-refractivity contribution in [3.63, 3.8) is 0 Å². The summed E-state index contributed by atoms with van der Waals surface area (Å²) in [6.07, 6.45) is 8.83. The van der Waals surface area contributed by atoms with Crippen molar-refractivity contribution in [1.82, 2.24) is 4.90 Å². The lowest BCUT2D eigenvalue weighted by atomic mass is 9.97. The first-order chi connectivity index (χ1) is 7.28. The molecule has 1 heterocycles. The average Bonchev–Trinajstić information content (AvgIpc) is 2.65. The molecule has 0 N–H and O–H groups in total. The van der Waals surface area contributed by atoms with Gasteiger partial charge in [-0.1, -0.05) is 26.7 Å². The highest BCUT2D eigenvalue weighted by atomic mass is 15.1. The summed E-state index contributed by atoms with van der Waals surface area (Å²) in [5, 5.41) is 0. The SMILES string of the molecule is CCC1CCC(CN2CCCC(C)C2)C1. The molecule has 3 unspecified atom stereocenters. The van der Waals surface area contributed by atoms with E-state index in [9.17, 15) is 0 Å². The third kappa shape index (κ3) is 3.21. The summed E-state index contributed by atoms with van der Waals surface area (Å²) in [7, 11) is 0. The molecule has 2 aliphatic rings. The summed E-state index contributed by atoms with van der Waals surface area (Å²) >= 11 is 0. The Labute approximate surface area is 95.2 Å². The summed E-state index contributed by atoms with van der Waals surface area (Å²) in [6, 6.07) is 0. The van der Waals surface area contributed by atoms with Gasteiger partial charge in [0.2, 0.25) is 0 Å². The molecule has 0 spiro atoms. The first-order valence-corrected chi connectivity index (χ1v) is 7.00. The molecule has 0 aromatic heterocycles. The van der Waals surface area contributed by atoms with Crippen LogP contribution >= 0.6 is 0 Å². The molecule has 0 radical (unpaired) electrons. The number of piperidine rings is 1. The van der Waals surface area contributed by atoms with Crippen LogP contribution < -0.4 is 0 Å². The molecule has 0 aromatic rings. The van der Waals surface area contributed by atoms with Crippen LogP contribution in [0, 0.1) is 17.8 Å². The third-order valence-corrected chi connectivity index (χ3v) is 4.48. The summed E-state index contributed by atoms with van der Waals surface area (Å²) in [6.45, 7) is 8.91. The van der Waals surface area contributed by atoms with E-state index in [-0.39, 0.29) is 0 Å². The van der Waals surface area contributed by atoms with Gasteiger partial charge >= 0.3 is 0 Å². The predicted octanol–water partition coefficient (Wildman–Crippen LogP) is 3.54. The van der Waals surface area contributed by atoms with Gasteiger partial charge in [0, 0.05) is 13.1 Å². The average molecular weight is 209 g/mol. The molecule has 0 amide bonds. The largest absolute Gasteiger partial charge is 0.303 e. The van der Waals surface area contributed by atoms with Crippen molar-refractivity contribution in [2.45, 2.75) is 52.4 Å². The molecule has 0 aromatic carbocycles. The molecule has 15 heavy (non-hydrogen) atoms. The standard InChI is InChI=1S/C14H27N/c1-3-13-6-7-14(9-13)11-15-8-4-5-12(2)10-15/h12-14H,3-11H2,1-2H3. The number of nitrogens with zero attached hydrogens (tertiary/aromatic N) is 1. The van der Waals surface area contributed by atoms with Crippen molar-refractivity contribution in [2.24, 2.45) is 17.8 Å². The second-order valence-corrected chi connectivity index (χ2v) is 5.96. The molecule has 1 heteroatoms. The summed E-state index contributed by atoms with van der Waals surface area (Å²) in [5.41, 5.74) is 0. The van der Waals surface area contributed by atoms with Gasteiger partial charge in [0.05, 0.1) is 0 Å². The molecular weight excluding hydrogens is 182 g/mol. The minimum Gasteiger partial charge on any atom is -0.303 e. The Kier molecular flexibility index (Phi) is 4.07. The number of hydrogen-bond acceptors (Lipinski definition) is 1. The Balaban J connectivity index is 1.72. The Morgan fingerprint density at radius 1 is 1.13 bits per heavy atom. The topological polar surface area (TPSA) is 3.24 Å². The zero-order valence-corrected chi connectivity index (χ0v) is 10.5. The van der Waals surface area contributed by atoms with Crippen LogP contribution in [0.3, 0.4) is 0 Å². The quantitative estimate of drug-likeness (QED) is 0.687. The van der Waals surface area contributed by atoms with E-state index in [1.165, 1.54) is 58.2 Å². The highest BCUT2D eigenvalue weighted by Crippen LogP contribution is 2.33. The van der Waals surface area contributed by atoms with E-state index in [0.717, 1.165) is 17.8 Å². The fraction of sp³-hybridized carbons (Fsp3) is 1.00. The molecule has 88 valence electrons. The maximum atomic E-state index is 2.73. The van der Waals surface area contributed by atoms with Crippen LogP contribution in [0.4, 0.5) is 0 Å². The molecule has 1 saturated heterocycles. The van der Waals surface area contributed by atoms with Crippen molar-refractivity contribution < 1.29 is 0 Å². The minimum absolute atomic E-state index is 0.946. The molecule has 1 saturated carbocycles. The lowest BCUT2D eigenvalue weighted by Gasteiger charge is -2.32. The zero-order chi connectivity index (χ0) is 10.7. The molecular formula is C14H27N. The Bertz CT molecular complexity index is 190. The Hall–Kier alpha value is -0.0400. The van der Waals surface area contributed by atoms with Crippen molar-refractivity contribution in [2.75, 3.05) is 19.6 Å². The normalized spacial score (nSPS) is 38.4. The number of likely N-dealkylation sites (tertiary alicyclic amines) is 1. The number of rotatable bonds is 3. The van der Waals surface area contributed by atoms with E-state index in [2.05, 4.69) is 18.7 Å². The summed E-state index contributed by atoms with van der Waals surface area (Å²) < 4.78 is 0. The molecule has 1 aliphatic carbocycles. The summed E-state index contributed by atoms with van der Waals surface area (Å²) in [4.78, 5) is 2.73. The predicted molar refractivity (Wildman–Crippen MR) is 66.0 cm³/mol. The van der Waals surface area contributed by atoms with Crippen LogP contribution in [0.15, 0.2) is 0 Å². The Morgan fingerprint density at radius 2 is 1.93 bits per heavy atom. The molecule has 3 atom stereocenters. The maximum absolute atomic E-state index is 2.73. The van der Waals surface area contributed by atoms with Gasteiger partial charge in [0.15, 0.2) is 0 Å². The molecule has 0 bridgehead atoms. The van der Waals surface area contributed by atoms with Gasteiger partial charge in [0.1, 0.15) is 0 Å². The minimum atomic E-state index is 0.946. The van der Waals surface area contributed by atoms with E-state index in [1.807, 2.05) is 0 Å². The van der Waals surface area contributed by atoms with Crippen LogP contribution in [-0.2, 0) is 0 Å². The van der Waals surface area contributed by atoms with E-state index in [4.69, 9.17) is 0 Å². The first-order valence-electron chi connectivity index (χ1n) is 7.00. The van der Waals surface area contributed by atoms with Crippen LogP contribution in [0.1, 0.15) is 52.4 Å². The fourth-order valence-electron chi connectivity index (χ4n) is 3.53. The molecule has 1 aliphatic heterocycles. The van der Waals surface area contributed by atoms with Gasteiger partial charge in [-0.05, 0) is 50.0 Å². The van der Waals surface area contributed by atoms with Crippen LogP contribution in [0.2, 0.25) is 0 Å². The van der Waals surface area contributed by atoms with Crippen molar-refractivity contribution >= 4 is 0 Å². The Morgan fingerprint density at radius 3 is 2.60 bits per heavy atom. The van der Waals surface area contributed by atoms with Crippen LogP contribution in [0.5, 0.6) is 0 Å². The lowest BCUT2D eigenvalue weighted by Crippen LogP contribution is -2.37. The monoisotopic (exact) mass is 209 g/mol. The van der Waals surface area contributed by atoms with E-state index in [1.54, 1.807) is 0 Å². The van der Waals surface area contributed by atoms with Gasteiger partial charge in [-0.15, -0.1) is 0 Å². The molecule has 2 rings (SSSR count). The van der Waals surface area contributed by atoms with Crippen LogP contribution in [-0.4, -0.2) is 24.5 Å². The molecule has 1 nitrogen and oxygen atoms in total. The lowest BCUT2D eigenvalue weighted by molar-refractivity contribution is 0.158. The van der Waals surface area contributed by atoms with Crippen molar-refractivity contribution in [1.29, 1.82) is 0 Å². The second-order valence-electron chi connectivity index (χ2n) is 5.96. The van der Waals surface area contributed by atoms with E-state index in [0.29, 0.717) is 0 Å². The highest BCUT2D eigenvalue weighted by Gasteiger charge is 2.26. The first kappa shape index (κ1) is 11.4. The third-order valence-electron chi connectivity index (χ3n) is 4.48. The van der Waals surface area contributed by atoms with Gasteiger partial charge in [-0.3, -0.25) is 0 Å². The molecule has 2 fully saturated rings. The van der Waals surface area contributed by atoms with Gasteiger partial charge in [-0.2, -0.15) is 0 Å². The second kappa shape index (κ2) is 5.34.